The Hall–Kier alpha value is -2.21. The van der Waals surface area contributed by atoms with Gasteiger partial charge in [0.05, 0.1) is 34.5 Å². The highest BCUT2D eigenvalue weighted by Gasteiger charge is 2.23. The number of morpholine rings is 1. The van der Waals surface area contributed by atoms with E-state index in [2.05, 4.69) is 40.1 Å². The number of rotatable bonds is 4. The maximum atomic E-state index is 6.14. The second-order valence-corrected chi connectivity index (χ2v) is 8.81. The van der Waals surface area contributed by atoms with E-state index < -0.39 is 0 Å². The van der Waals surface area contributed by atoms with Gasteiger partial charge in [-0.15, -0.1) is 0 Å². The third-order valence-corrected chi connectivity index (χ3v) is 6.73. The lowest BCUT2D eigenvalue weighted by Crippen LogP contribution is -2.39. The molecule has 2 saturated heterocycles. The molecular weight excluding hydrogens is 433 g/mol. The Morgan fingerprint density at radius 1 is 0.871 bits per heavy atom. The molecule has 2 aromatic carbocycles. The van der Waals surface area contributed by atoms with Crippen LogP contribution in [0.5, 0.6) is 5.75 Å². The Kier molecular flexibility index (Phi) is 6.08. The lowest BCUT2D eigenvalue weighted by Gasteiger charge is -2.33. The molecule has 0 radical (unpaired) electrons. The van der Waals surface area contributed by atoms with E-state index in [0.717, 1.165) is 69.3 Å². The number of nitrogens with zero attached hydrogens (tertiary/aromatic N) is 3. The number of pyridine rings is 1. The molecule has 2 aliphatic rings. The zero-order valence-corrected chi connectivity index (χ0v) is 18.8. The minimum absolute atomic E-state index is 0.165. The van der Waals surface area contributed by atoms with Gasteiger partial charge < -0.3 is 19.3 Å². The van der Waals surface area contributed by atoms with Crippen LogP contribution >= 0.6 is 23.2 Å². The van der Waals surface area contributed by atoms with Crippen LogP contribution in [0.3, 0.4) is 0 Å². The van der Waals surface area contributed by atoms with Crippen molar-refractivity contribution in [3.05, 3.63) is 58.6 Å². The van der Waals surface area contributed by atoms with Crippen LogP contribution in [-0.2, 0) is 4.74 Å². The van der Waals surface area contributed by atoms with Gasteiger partial charge in [0.25, 0.3) is 0 Å². The molecule has 0 bridgehead atoms. The van der Waals surface area contributed by atoms with Crippen LogP contribution in [-0.4, -0.2) is 50.5 Å². The minimum Gasteiger partial charge on any atom is -0.490 e. The van der Waals surface area contributed by atoms with Gasteiger partial charge in [0.1, 0.15) is 17.7 Å². The predicted molar refractivity (Wildman–Crippen MR) is 127 cm³/mol. The highest BCUT2D eigenvalue weighted by Crippen LogP contribution is 2.31. The monoisotopic (exact) mass is 457 g/mol. The smallest absolute Gasteiger partial charge is 0.129 e. The van der Waals surface area contributed by atoms with Crippen molar-refractivity contribution in [2.24, 2.45) is 0 Å². The average molecular weight is 458 g/mol. The van der Waals surface area contributed by atoms with Crippen LogP contribution < -0.4 is 14.5 Å². The molecule has 0 unspecified atom stereocenters. The van der Waals surface area contributed by atoms with Crippen LogP contribution in [0.4, 0.5) is 11.5 Å². The number of piperidine rings is 1. The van der Waals surface area contributed by atoms with Crippen molar-refractivity contribution in [3.8, 4) is 5.75 Å². The first-order chi connectivity index (χ1) is 15.2. The van der Waals surface area contributed by atoms with Crippen LogP contribution in [0, 0.1) is 0 Å². The van der Waals surface area contributed by atoms with Gasteiger partial charge in [-0.3, -0.25) is 0 Å². The first-order valence-corrected chi connectivity index (χ1v) is 11.5. The standard InChI is InChI=1S/C24H25Cl2N3O2/c25-20-6-5-19(16-21(20)26)31-18-8-10-29(11-9-18)23-7-4-17-2-1-3-22(24(17)27-23)28-12-14-30-15-13-28/h1-7,16,18H,8-15H2. The number of aromatic nitrogens is 1. The number of para-hydroxylation sites is 1. The number of fused-ring (bicyclic) bond motifs is 1. The van der Waals surface area contributed by atoms with Gasteiger partial charge in [-0.2, -0.15) is 0 Å². The topological polar surface area (TPSA) is 37.8 Å². The summed E-state index contributed by atoms with van der Waals surface area (Å²) < 4.78 is 11.7. The summed E-state index contributed by atoms with van der Waals surface area (Å²) in [6.07, 6.45) is 2.04. The molecule has 2 aliphatic heterocycles. The Morgan fingerprint density at radius 3 is 2.45 bits per heavy atom. The molecule has 3 heterocycles. The summed E-state index contributed by atoms with van der Waals surface area (Å²) in [6, 6.07) is 16.2. The van der Waals surface area contributed by atoms with Crippen molar-refractivity contribution >= 4 is 45.6 Å². The molecule has 0 amide bonds. The summed E-state index contributed by atoms with van der Waals surface area (Å²) in [5.41, 5.74) is 2.26. The van der Waals surface area contributed by atoms with Gasteiger partial charge in [0.15, 0.2) is 0 Å². The maximum Gasteiger partial charge on any atom is 0.129 e. The normalized spacial score (nSPS) is 17.9. The van der Waals surface area contributed by atoms with Gasteiger partial charge in [-0.05, 0) is 30.3 Å². The molecule has 7 heteroatoms. The minimum atomic E-state index is 0.165. The summed E-state index contributed by atoms with van der Waals surface area (Å²) in [5.74, 6) is 1.80. The first kappa shape index (κ1) is 20.7. The molecule has 3 aromatic rings. The van der Waals surface area contributed by atoms with Gasteiger partial charge in [-0.1, -0.05) is 35.3 Å². The number of halogens is 2. The average Bonchev–Trinajstić information content (AvgIpc) is 2.82. The largest absolute Gasteiger partial charge is 0.490 e. The molecule has 162 valence electrons. The fourth-order valence-corrected chi connectivity index (χ4v) is 4.59. The molecule has 0 atom stereocenters. The van der Waals surface area contributed by atoms with E-state index in [9.17, 15) is 0 Å². The third-order valence-electron chi connectivity index (χ3n) is 6.00. The van der Waals surface area contributed by atoms with Gasteiger partial charge >= 0.3 is 0 Å². The Labute approximate surface area is 192 Å². The van der Waals surface area contributed by atoms with E-state index >= 15 is 0 Å². The van der Waals surface area contributed by atoms with E-state index in [1.165, 1.54) is 11.1 Å². The SMILES string of the molecule is Clc1ccc(OC2CCN(c3ccc4cccc(N5CCOCC5)c4n3)CC2)cc1Cl. The lowest BCUT2D eigenvalue weighted by atomic mass is 10.1. The van der Waals surface area contributed by atoms with Crippen molar-refractivity contribution in [1.82, 2.24) is 4.98 Å². The highest BCUT2D eigenvalue weighted by molar-refractivity contribution is 6.42. The molecule has 1 aromatic heterocycles. The Morgan fingerprint density at radius 2 is 1.68 bits per heavy atom. The maximum absolute atomic E-state index is 6.14. The van der Waals surface area contributed by atoms with Gasteiger partial charge in [0.2, 0.25) is 0 Å². The molecule has 0 N–H and O–H groups in total. The van der Waals surface area contributed by atoms with E-state index in [-0.39, 0.29) is 6.10 Å². The Balaban J connectivity index is 1.29. The number of benzene rings is 2. The highest BCUT2D eigenvalue weighted by atomic mass is 35.5. The number of anilines is 2. The van der Waals surface area contributed by atoms with Gasteiger partial charge in [-0.25, -0.2) is 4.98 Å². The second kappa shape index (κ2) is 9.11. The molecule has 0 spiro atoms. The van der Waals surface area contributed by atoms with Crippen molar-refractivity contribution in [2.45, 2.75) is 18.9 Å². The van der Waals surface area contributed by atoms with Gasteiger partial charge in [0, 0.05) is 50.5 Å². The fourth-order valence-electron chi connectivity index (χ4n) is 4.30. The Bertz CT molecular complexity index is 1060. The summed E-state index contributed by atoms with van der Waals surface area (Å²) in [5, 5.41) is 2.24. The molecule has 0 aliphatic carbocycles. The third kappa shape index (κ3) is 4.54. The molecule has 5 rings (SSSR count). The quantitative estimate of drug-likeness (QED) is 0.522. The fraction of sp³-hybridized carbons (Fsp3) is 0.375. The van der Waals surface area contributed by atoms with Crippen LogP contribution in [0.2, 0.25) is 10.0 Å². The molecule has 31 heavy (non-hydrogen) atoms. The van der Waals surface area contributed by atoms with E-state index in [0.29, 0.717) is 10.0 Å². The molecule has 2 fully saturated rings. The van der Waals surface area contributed by atoms with Crippen molar-refractivity contribution in [1.29, 1.82) is 0 Å². The molecule has 0 saturated carbocycles. The number of ether oxygens (including phenoxy) is 2. The zero-order chi connectivity index (χ0) is 21.2. The van der Waals surface area contributed by atoms with E-state index in [4.69, 9.17) is 37.7 Å². The van der Waals surface area contributed by atoms with Crippen molar-refractivity contribution in [2.75, 3.05) is 49.2 Å². The summed E-state index contributed by atoms with van der Waals surface area (Å²) in [4.78, 5) is 9.80. The number of hydrogen-bond donors (Lipinski definition) is 0. The zero-order valence-electron chi connectivity index (χ0n) is 17.3. The molecular formula is C24H25Cl2N3O2. The van der Waals surface area contributed by atoms with Crippen LogP contribution in [0.15, 0.2) is 48.5 Å². The van der Waals surface area contributed by atoms with E-state index in [1.807, 2.05) is 6.07 Å². The van der Waals surface area contributed by atoms with Crippen molar-refractivity contribution < 1.29 is 9.47 Å². The van der Waals surface area contributed by atoms with Crippen molar-refractivity contribution in [3.63, 3.8) is 0 Å². The number of hydrogen-bond acceptors (Lipinski definition) is 5. The predicted octanol–water partition coefficient (Wildman–Crippen LogP) is 5.43. The summed E-state index contributed by atoms with van der Waals surface area (Å²) in [7, 11) is 0. The van der Waals surface area contributed by atoms with E-state index in [1.54, 1.807) is 12.1 Å². The lowest BCUT2D eigenvalue weighted by molar-refractivity contribution is 0.123. The summed E-state index contributed by atoms with van der Waals surface area (Å²) in [6.45, 7) is 5.16. The molecule has 5 nitrogen and oxygen atoms in total. The van der Waals surface area contributed by atoms with Crippen LogP contribution in [0.25, 0.3) is 10.9 Å². The second-order valence-electron chi connectivity index (χ2n) is 8.00. The van der Waals surface area contributed by atoms with Crippen LogP contribution in [0.1, 0.15) is 12.8 Å². The summed E-state index contributed by atoms with van der Waals surface area (Å²) >= 11 is 12.1. The first-order valence-electron chi connectivity index (χ1n) is 10.8.